The highest BCUT2D eigenvalue weighted by Gasteiger charge is 2.16. The molecule has 20 heavy (non-hydrogen) atoms. The van der Waals surface area contributed by atoms with Gasteiger partial charge in [-0.2, -0.15) is 0 Å². The highest BCUT2D eigenvalue weighted by atomic mass is 35.5. The van der Waals surface area contributed by atoms with Crippen LogP contribution in [0.1, 0.15) is 24.8 Å². The van der Waals surface area contributed by atoms with Crippen molar-refractivity contribution in [3.63, 3.8) is 0 Å². The third-order valence-electron chi connectivity index (χ3n) is 3.35. The Hall–Kier alpha value is -1.03. The Bertz CT molecular complexity index is 580. The van der Waals surface area contributed by atoms with E-state index in [0.29, 0.717) is 22.7 Å². The van der Waals surface area contributed by atoms with Gasteiger partial charge in [-0.05, 0) is 42.8 Å². The molecule has 0 radical (unpaired) electrons. The summed E-state index contributed by atoms with van der Waals surface area (Å²) in [5.74, 6) is 1.28. The van der Waals surface area contributed by atoms with Crippen LogP contribution in [0.4, 0.5) is 0 Å². The van der Waals surface area contributed by atoms with Crippen molar-refractivity contribution in [2.45, 2.75) is 19.9 Å². The molecule has 0 amide bonds. The summed E-state index contributed by atoms with van der Waals surface area (Å²) in [6, 6.07) is 10.7. The van der Waals surface area contributed by atoms with E-state index in [-0.39, 0.29) is 0 Å². The lowest BCUT2D eigenvalue weighted by molar-refractivity contribution is 0.415. The number of nitrogens with one attached hydrogen (secondary N) is 1. The number of rotatable bonds is 5. The summed E-state index contributed by atoms with van der Waals surface area (Å²) < 4.78 is 5.28. The molecule has 1 heterocycles. The van der Waals surface area contributed by atoms with Crippen molar-refractivity contribution < 1.29 is 4.74 Å². The second-order valence-corrected chi connectivity index (χ2v) is 6.58. The Morgan fingerprint density at radius 2 is 1.95 bits per heavy atom. The van der Waals surface area contributed by atoms with Gasteiger partial charge in [-0.3, -0.25) is 0 Å². The minimum Gasteiger partial charge on any atom is -0.495 e. The minimum atomic E-state index is 0.392. The average Bonchev–Trinajstić information content (AvgIpc) is 2.89. The van der Waals surface area contributed by atoms with Crippen LogP contribution in [0.15, 0.2) is 30.3 Å². The number of hydrogen-bond acceptors (Lipinski definition) is 3. The van der Waals surface area contributed by atoms with Crippen LogP contribution >= 0.6 is 22.9 Å². The molecule has 0 fully saturated rings. The average molecular weight is 310 g/mol. The number of halogens is 1. The monoisotopic (exact) mass is 309 g/mol. The molecule has 0 bridgehead atoms. The SMILES string of the molecule is CNC(c1ccc(-c2ccc(Cl)c(OC)c2)s1)C(C)C. The Morgan fingerprint density at radius 3 is 2.55 bits per heavy atom. The second kappa shape index (κ2) is 6.61. The Kier molecular flexibility index (Phi) is 5.08. The van der Waals surface area contributed by atoms with E-state index in [1.54, 1.807) is 7.11 Å². The fourth-order valence-corrected chi connectivity index (χ4v) is 3.77. The number of thiophene rings is 1. The summed E-state index contributed by atoms with van der Waals surface area (Å²) in [7, 11) is 3.65. The van der Waals surface area contributed by atoms with E-state index in [1.807, 2.05) is 36.6 Å². The predicted octanol–water partition coefficient (Wildman–Crippen LogP) is 4.99. The highest BCUT2D eigenvalue weighted by molar-refractivity contribution is 7.15. The van der Waals surface area contributed by atoms with E-state index >= 15 is 0 Å². The van der Waals surface area contributed by atoms with E-state index in [9.17, 15) is 0 Å². The van der Waals surface area contributed by atoms with Crippen LogP contribution in [-0.4, -0.2) is 14.2 Å². The summed E-state index contributed by atoms with van der Waals surface area (Å²) in [5, 5.41) is 4.02. The maximum Gasteiger partial charge on any atom is 0.138 e. The number of methoxy groups -OCH3 is 1. The van der Waals surface area contributed by atoms with Gasteiger partial charge in [0.1, 0.15) is 5.75 Å². The Labute approximate surface area is 129 Å². The Morgan fingerprint density at radius 1 is 1.20 bits per heavy atom. The molecule has 0 saturated carbocycles. The quantitative estimate of drug-likeness (QED) is 0.839. The number of benzene rings is 1. The first-order valence-corrected chi connectivity index (χ1v) is 7.87. The second-order valence-electron chi connectivity index (χ2n) is 5.06. The zero-order valence-corrected chi connectivity index (χ0v) is 13.8. The zero-order valence-electron chi connectivity index (χ0n) is 12.2. The first-order chi connectivity index (χ1) is 9.56. The van der Waals surface area contributed by atoms with Gasteiger partial charge in [0.05, 0.1) is 12.1 Å². The fourth-order valence-electron chi connectivity index (χ4n) is 2.29. The molecule has 1 unspecified atom stereocenters. The predicted molar refractivity (Wildman–Crippen MR) is 88.0 cm³/mol. The van der Waals surface area contributed by atoms with E-state index in [1.165, 1.54) is 9.75 Å². The standard InChI is InChI=1S/C16H20ClNOS/c1-10(2)16(18-3)15-8-7-14(20-15)11-5-6-12(17)13(9-11)19-4/h5-10,16,18H,1-4H3. The topological polar surface area (TPSA) is 21.3 Å². The summed E-state index contributed by atoms with van der Waals surface area (Å²) in [6.07, 6.45) is 0. The summed E-state index contributed by atoms with van der Waals surface area (Å²) in [5.41, 5.74) is 1.14. The highest BCUT2D eigenvalue weighted by Crippen LogP contribution is 2.36. The lowest BCUT2D eigenvalue weighted by Gasteiger charge is -2.18. The maximum absolute atomic E-state index is 6.07. The zero-order chi connectivity index (χ0) is 14.7. The van der Waals surface area contributed by atoms with E-state index in [0.717, 1.165) is 5.56 Å². The lowest BCUT2D eigenvalue weighted by Crippen LogP contribution is -2.20. The van der Waals surface area contributed by atoms with E-state index in [4.69, 9.17) is 16.3 Å². The summed E-state index contributed by atoms with van der Waals surface area (Å²) in [6.45, 7) is 4.46. The van der Waals surface area contributed by atoms with Gasteiger partial charge in [0, 0.05) is 15.8 Å². The lowest BCUT2D eigenvalue weighted by atomic mass is 10.0. The minimum absolute atomic E-state index is 0.392. The molecule has 2 aromatic rings. The van der Waals surface area contributed by atoms with Crippen molar-refractivity contribution in [3.05, 3.63) is 40.2 Å². The van der Waals surface area contributed by atoms with E-state index in [2.05, 4.69) is 31.3 Å². The van der Waals surface area contributed by atoms with Gasteiger partial charge in [0.15, 0.2) is 0 Å². The van der Waals surface area contributed by atoms with Crippen LogP contribution in [0.5, 0.6) is 5.75 Å². The van der Waals surface area contributed by atoms with Crippen molar-refractivity contribution in [1.29, 1.82) is 0 Å². The third-order valence-corrected chi connectivity index (χ3v) is 4.88. The van der Waals surface area contributed by atoms with Gasteiger partial charge < -0.3 is 10.1 Å². The van der Waals surface area contributed by atoms with Crippen LogP contribution < -0.4 is 10.1 Å². The molecule has 4 heteroatoms. The molecule has 1 aromatic carbocycles. The van der Waals surface area contributed by atoms with Crippen LogP contribution in [0.3, 0.4) is 0 Å². The van der Waals surface area contributed by atoms with Crippen molar-refractivity contribution in [3.8, 4) is 16.2 Å². The molecule has 1 aromatic heterocycles. The van der Waals surface area contributed by atoms with Gasteiger partial charge in [0.25, 0.3) is 0 Å². The molecule has 108 valence electrons. The van der Waals surface area contributed by atoms with Gasteiger partial charge >= 0.3 is 0 Å². The van der Waals surface area contributed by atoms with Crippen molar-refractivity contribution in [2.24, 2.45) is 5.92 Å². The van der Waals surface area contributed by atoms with Crippen LogP contribution in [0.25, 0.3) is 10.4 Å². The molecule has 2 rings (SSSR count). The van der Waals surface area contributed by atoms with Gasteiger partial charge in [0.2, 0.25) is 0 Å². The molecule has 1 atom stereocenters. The van der Waals surface area contributed by atoms with Gasteiger partial charge in [-0.25, -0.2) is 0 Å². The van der Waals surface area contributed by atoms with Crippen molar-refractivity contribution >= 4 is 22.9 Å². The Balaban J connectivity index is 2.33. The first kappa shape index (κ1) is 15.4. The molecule has 0 saturated heterocycles. The molecule has 0 aliphatic carbocycles. The third kappa shape index (κ3) is 3.17. The summed E-state index contributed by atoms with van der Waals surface area (Å²) in [4.78, 5) is 2.59. The van der Waals surface area contributed by atoms with Gasteiger partial charge in [-0.1, -0.05) is 31.5 Å². The summed E-state index contributed by atoms with van der Waals surface area (Å²) >= 11 is 7.88. The largest absolute Gasteiger partial charge is 0.495 e. The maximum atomic E-state index is 6.07. The molecule has 0 aliphatic rings. The van der Waals surface area contributed by atoms with Crippen molar-refractivity contribution in [1.82, 2.24) is 5.32 Å². The number of hydrogen-bond donors (Lipinski definition) is 1. The first-order valence-electron chi connectivity index (χ1n) is 6.67. The molecular formula is C16H20ClNOS. The van der Waals surface area contributed by atoms with Crippen molar-refractivity contribution in [2.75, 3.05) is 14.2 Å². The molecule has 0 aliphatic heterocycles. The molecule has 1 N–H and O–H groups in total. The van der Waals surface area contributed by atoms with E-state index < -0.39 is 0 Å². The van der Waals surface area contributed by atoms with Gasteiger partial charge in [-0.15, -0.1) is 11.3 Å². The van der Waals surface area contributed by atoms with Crippen LogP contribution in [-0.2, 0) is 0 Å². The number of ether oxygens (including phenoxy) is 1. The van der Waals surface area contributed by atoms with Crippen LogP contribution in [0, 0.1) is 5.92 Å². The van der Waals surface area contributed by atoms with Crippen LogP contribution in [0.2, 0.25) is 5.02 Å². The fraction of sp³-hybridized carbons (Fsp3) is 0.375. The smallest absolute Gasteiger partial charge is 0.138 e. The normalized spacial score (nSPS) is 12.7. The molecule has 0 spiro atoms. The molecular weight excluding hydrogens is 290 g/mol. The molecule has 2 nitrogen and oxygen atoms in total.